The van der Waals surface area contributed by atoms with Crippen LogP contribution in [0.15, 0.2) is 36.4 Å². The number of nitrogens with two attached hydrogens (primary N) is 1. The van der Waals surface area contributed by atoms with E-state index in [9.17, 15) is 14.0 Å². The van der Waals surface area contributed by atoms with Crippen LogP contribution < -0.4 is 11.1 Å². The molecular weight excluding hydrogens is 323 g/mol. The number of rotatable bonds is 5. The highest BCUT2D eigenvalue weighted by atomic mass is 35.5. The Morgan fingerprint density at radius 2 is 2.00 bits per heavy atom. The van der Waals surface area contributed by atoms with Crippen LogP contribution in [0.2, 0.25) is 5.02 Å². The first-order valence-electron chi connectivity index (χ1n) is 6.62. The van der Waals surface area contributed by atoms with Crippen LogP contribution in [0.5, 0.6) is 0 Å². The summed E-state index contributed by atoms with van der Waals surface area (Å²) in [4.78, 5) is 22.5. The van der Waals surface area contributed by atoms with E-state index in [4.69, 9.17) is 17.3 Å². The van der Waals surface area contributed by atoms with Crippen LogP contribution in [0.25, 0.3) is 0 Å². The van der Waals surface area contributed by atoms with Gasteiger partial charge in [0.1, 0.15) is 5.82 Å². The molecule has 0 fully saturated rings. The molecule has 23 heavy (non-hydrogen) atoms. The number of hydrogen-bond acceptors (Lipinski definition) is 4. The molecule has 5 nitrogen and oxygen atoms in total. The fourth-order valence-corrected chi connectivity index (χ4v) is 2.16. The minimum Gasteiger partial charge on any atom is -0.465 e. The fraction of sp³-hybridized carbons (Fsp3) is 0.125. The lowest BCUT2D eigenvalue weighted by Crippen LogP contribution is -2.13. The Hall–Kier alpha value is -2.60. The monoisotopic (exact) mass is 336 g/mol. The minimum absolute atomic E-state index is 0.179. The van der Waals surface area contributed by atoms with Gasteiger partial charge >= 0.3 is 5.97 Å². The molecule has 2 aromatic rings. The smallest absolute Gasteiger partial charge is 0.337 e. The van der Waals surface area contributed by atoms with Crippen molar-refractivity contribution >= 4 is 29.2 Å². The van der Waals surface area contributed by atoms with Crippen LogP contribution in [-0.2, 0) is 11.3 Å². The normalized spacial score (nSPS) is 10.2. The molecule has 2 aromatic carbocycles. The van der Waals surface area contributed by atoms with Crippen molar-refractivity contribution in [3.63, 3.8) is 0 Å². The zero-order chi connectivity index (χ0) is 17.0. The number of benzene rings is 2. The maximum absolute atomic E-state index is 13.7. The number of halogens is 2. The van der Waals surface area contributed by atoms with Gasteiger partial charge in [-0.3, -0.25) is 4.79 Å². The summed E-state index contributed by atoms with van der Waals surface area (Å²) in [7, 11) is 1.29. The summed E-state index contributed by atoms with van der Waals surface area (Å²) in [6.07, 6.45) is 0. The standard InChI is InChI=1S/C16H14ClFN2O3/c1-23-16(22)9-2-5-13(17)10(6-9)8-20-11-3-4-12(15(19)21)14(18)7-11/h2-7,20H,8H2,1H3,(H2,19,21). The van der Waals surface area contributed by atoms with Crippen molar-refractivity contribution in [1.29, 1.82) is 0 Å². The Balaban J connectivity index is 2.16. The Bertz CT molecular complexity index is 765. The van der Waals surface area contributed by atoms with Crippen LogP contribution in [0.1, 0.15) is 26.3 Å². The molecular formula is C16H14ClFN2O3. The second kappa shape index (κ2) is 7.11. The zero-order valence-electron chi connectivity index (χ0n) is 12.2. The largest absolute Gasteiger partial charge is 0.465 e. The van der Waals surface area contributed by atoms with Crippen molar-refractivity contribution < 1.29 is 18.7 Å². The highest BCUT2D eigenvalue weighted by Crippen LogP contribution is 2.21. The van der Waals surface area contributed by atoms with Gasteiger partial charge in [0.2, 0.25) is 0 Å². The van der Waals surface area contributed by atoms with Crippen molar-refractivity contribution in [2.24, 2.45) is 5.73 Å². The van der Waals surface area contributed by atoms with Gasteiger partial charge < -0.3 is 15.8 Å². The molecule has 0 radical (unpaired) electrons. The van der Waals surface area contributed by atoms with E-state index in [0.29, 0.717) is 21.8 Å². The fourth-order valence-electron chi connectivity index (χ4n) is 1.98. The predicted octanol–water partition coefficient (Wildman–Crippen LogP) is 2.98. The predicted molar refractivity (Wildman–Crippen MR) is 85.0 cm³/mol. The first-order chi connectivity index (χ1) is 10.9. The minimum atomic E-state index is -0.831. The molecule has 0 aromatic heterocycles. The van der Waals surface area contributed by atoms with Crippen LogP contribution >= 0.6 is 11.6 Å². The van der Waals surface area contributed by atoms with E-state index < -0.39 is 17.7 Å². The molecule has 0 spiro atoms. The number of nitrogens with one attached hydrogen (secondary N) is 1. The van der Waals surface area contributed by atoms with Gasteiger partial charge in [-0.1, -0.05) is 11.6 Å². The van der Waals surface area contributed by atoms with Crippen molar-refractivity contribution in [1.82, 2.24) is 0 Å². The molecule has 0 aliphatic carbocycles. The average Bonchev–Trinajstić information content (AvgIpc) is 2.53. The van der Waals surface area contributed by atoms with Crippen LogP contribution in [-0.4, -0.2) is 19.0 Å². The lowest BCUT2D eigenvalue weighted by atomic mass is 10.1. The number of esters is 1. The van der Waals surface area contributed by atoms with E-state index in [-0.39, 0.29) is 12.1 Å². The first-order valence-corrected chi connectivity index (χ1v) is 7.00. The second-order valence-electron chi connectivity index (χ2n) is 4.71. The van der Waals surface area contributed by atoms with Crippen molar-refractivity contribution in [2.45, 2.75) is 6.54 Å². The van der Waals surface area contributed by atoms with Crippen LogP contribution in [0, 0.1) is 5.82 Å². The van der Waals surface area contributed by atoms with Crippen molar-refractivity contribution in [2.75, 3.05) is 12.4 Å². The van der Waals surface area contributed by atoms with Crippen LogP contribution in [0.4, 0.5) is 10.1 Å². The second-order valence-corrected chi connectivity index (χ2v) is 5.12. The van der Waals surface area contributed by atoms with Gasteiger partial charge in [-0.05, 0) is 42.0 Å². The number of ether oxygens (including phenoxy) is 1. The summed E-state index contributed by atoms with van der Waals surface area (Å²) >= 11 is 6.08. The summed E-state index contributed by atoms with van der Waals surface area (Å²) in [6, 6.07) is 8.72. The molecule has 0 bridgehead atoms. The molecule has 0 saturated heterocycles. The lowest BCUT2D eigenvalue weighted by Gasteiger charge is -2.10. The number of carbonyl (C=O) groups excluding carboxylic acids is 2. The third-order valence-corrected chi connectivity index (χ3v) is 3.55. The molecule has 3 N–H and O–H groups in total. The van der Waals surface area contributed by atoms with Crippen LogP contribution in [0.3, 0.4) is 0 Å². The Morgan fingerprint density at radius 3 is 2.61 bits per heavy atom. The molecule has 1 amide bonds. The van der Waals surface area contributed by atoms with Gasteiger partial charge in [0.05, 0.1) is 18.2 Å². The number of methoxy groups -OCH3 is 1. The van der Waals surface area contributed by atoms with E-state index in [2.05, 4.69) is 10.1 Å². The Morgan fingerprint density at radius 1 is 1.26 bits per heavy atom. The van der Waals surface area contributed by atoms with Gasteiger partial charge in [-0.2, -0.15) is 0 Å². The maximum atomic E-state index is 13.7. The van der Waals surface area contributed by atoms with E-state index >= 15 is 0 Å². The van der Waals surface area contributed by atoms with E-state index in [1.54, 1.807) is 18.2 Å². The molecule has 0 saturated carbocycles. The highest BCUT2D eigenvalue weighted by Gasteiger charge is 2.11. The summed E-state index contributed by atoms with van der Waals surface area (Å²) in [5, 5.41) is 3.42. The quantitative estimate of drug-likeness (QED) is 0.822. The average molecular weight is 337 g/mol. The third-order valence-electron chi connectivity index (χ3n) is 3.18. The highest BCUT2D eigenvalue weighted by molar-refractivity contribution is 6.31. The molecule has 0 unspecified atom stereocenters. The number of primary amides is 1. The van der Waals surface area contributed by atoms with Gasteiger partial charge in [0, 0.05) is 17.3 Å². The van der Waals surface area contributed by atoms with Crippen molar-refractivity contribution in [3.8, 4) is 0 Å². The molecule has 7 heteroatoms. The summed E-state index contributed by atoms with van der Waals surface area (Å²) in [6.45, 7) is 0.263. The molecule has 2 rings (SSSR count). The van der Waals surface area contributed by atoms with Gasteiger partial charge in [0.25, 0.3) is 5.91 Å². The van der Waals surface area contributed by atoms with E-state index in [0.717, 1.165) is 6.07 Å². The molecule has 120 valence electrons. The number of anilines is 1. The maximum Gasteiger partial charge on any atom is 0.337 e. The van der Waals surface area contributed by atoms with Gasteiger partial charge in [-0.15, -0.1) is 0 Å². The summed E-state index contributed by atoms with van der Waals surface area (Å²) in [5.74, 6) is -2.01. The number of amides is 1. The van der Waals surface area contributed by atoms with E-state index in [1.165, 1.54) is 19.2 Å². The first kappa shape index (κ1) is 16.8. The third kappa shape index (κ3) is 3.98. The number of carbonyl (C=O) groups is 2. The molecule has 0 heterocycles. The topological polar surface area (TPSA) is 81.4 Å². The summed E-state index contributed by atoms with van der Waals surface area (Å²) in [5.41, 5.74) is 6.33. The molecule has 0 aliphatic heterocycles. The van der Waals surface area contributed by atoms with Gasteiger partial charge in [0.15, 0.2) is 0 Å². The lowest BCUT2D eigenvalue weighted by molar-refractivity contribution is 0.0600. The Labute approximate surface area is 137 Å². The van der Waals surface area contributed by atoms with Gasteiger partial charge in [-0.25, -0.2) is 9.18 Å². The molecule has 0 aliphatic rings. The van der Waals surface area contributed by atoms with E-state index in [1.807, 2.05) is 0 Å². The molecule has 0 atom stereocenters. The summed E-state index contributed by atoms with van der Waals surface area (Å²) < 4.78 is 18.3. The number of hydrogen-bond donors (Lipinski definition) is 2. The SMILES string of the molecule is COC(=O)c1ccc(Cl)c(CNc2ccc(C(N)=O)c(F)c2)c1. The zero-order valence-corrected chi connectivity index (χ0v) is 13.0. The van der Waals surface area contributed by atoms with Crippen molar-refractivity contribution in [3.05, 3.63) is 63.9 Å². The Kier molecular flexibility index (Phi) is 5.18.